The van der Waals surface area contributed by atoms with Crippen LogP contribution in [0.15, 0.2) is 77.7 Å². The summed E-state index contributed by atoms with van der Waals surface area (Å²) in [6.07, 6.45) is 0.491. The SMILES string of the molecule is CC[C@@H]1[C@@H](SCc2cccc(Cl)c2)[C@@H](C(=O)O)[C@H](c2ccc(C)cc2)N1S(=O)(=O)c1ccc(C)cc1. The Kier molecular flexibility index (Phi) is 8.15. The lowest BCUT2D eigenvalue weighted by Crippen LogP contribution is -2.39. The normalized spacial score (nSPS) is 22.6. The van der Waals surface area contributed by atoms with Gasteiger partial charge in [0.05, 0.1) is 16.9 Å². The van der Waals surface area contributed by atoms with Crippen molar-refractivity contribution in [1.29, 1.82) is 0 Å². The van der Waals surface area contributed by atoms with Gasteiger partial charge in [-0.05, 0) is 55.7 Å². The van der Waals surface area contributed by atoms with Crippen LogP contribution in [-0.2, 0) is 20.6 Å². The van der Waals surface area contributed by atoms with Crippen LogP contribution < -0.4 is 0 Å². The average molecular weight is 544 g/mol. The Hall–Kier alpha value is -2.32. The maximum absolute atomic E-state index is 14.1. The van der Waals surface area contributed by atoms with E-state index in [0.717, 1.165) is 16.7 Å². The molecule has 3 aromatic carbocycles. The fourth-order valence-corrected chi connectivity index (χ4v) is 8.71. The molecule has 36 heavy (non-hydrogen) atoms. The number of hydrogen-bond acceptors (Lipinski definition) is 4. The maximum Gasteiger partial charge on any atom is 0.309 e. The first-order valence-corrected chi connectivity index (χ1v) is 14.8. The van der Waals surface area contributed by atoms with E-state index >= 15 is 0 Å². The molecule has 0 amide bonds. The molecule has 0 aliphatic carbocycles. The number of nitrogens with zero attached hydrogens (tertiary/aromatic N) is 1. The highest BCUT2D eigenvalue weighted by Crippen LogP contribution is 2.50. The second-order valence-electron chi connectivity index (χ2n) is 9.25. The van der Waals surface area contributed by atoms with Gasteiger partial charge >= 0.3 is 5.97 Å². The summed E-state index contributed by atoms with van der Waals surface area (Å²) < 4.78 is 29.7. The number of thioether (sulfide) groups is 1. The van der Waals surface area contributed by atoms with Gasteiger partial charge in [-0.2, -0.15) is 16.1 Å². The van der Waals surface area contributed by atoms with Crippen LogP contribution in [0, 0.1) is 19.8 Å². The van der Waals surface area contributed by atoms with Crippen molar-refractivity contribution in [2.75, 3.05) is 0 Å². The van der Waals surface area contributed by atoms with Crippen molar-refractivity contribution in [1.82, 2.24) is 4.31 Å². The zero-order valence-corrected chi connectivity index (χ0v) is 22.9. The van der Waals surface area contributed by atoms with Gasteiger partial charge in [0.25, 0.3) is 0 Å². The molecule has 0 spiro atoms. The molecule has 1 saturated heterocycles. The molecule has 8 heteroatoms. The van der Waals surface area contributed by atoms with Gasteiger partial charge in [-0.25, -0.2) is 8.42 Å². The number of halogens is 1. The third-order valence-electron chi connectivity index (χ3n) is 6.72. The molecule has 4 atom stereocenters. The van der Waals surface area contributed by atoms with Crippen LogP contribution in [0.3, 0.4) is 0 Å². The summed E-state index contributed by atoms with van der Waals surface area (Å²) in [4.78, 5) is 13.0. The van der Waals surface area contributed by atoms with Gasteiger partial charge in [0, 0.05) is 22.1 Å². The number of benzene rings is 3. The van der Waals surface area contributed by atoms with Gasteiger partial charge in [-0.1, -0.05) is 78.2 Å². The summed E-state index contributed by atoms with van der Waals surface area (Å²) in [6.45, 7) is 5.78. The Bertz CT molecular complexity index is 1330. The highest BCUT2D eigenvalue weighted by molar-refractivity contribution is 7.99. The molecule has 0 radical (unpaired) electrons. The average Bonchev–Trinajstić information content (AvgIpc) is 3.19. The zero-order chi connectivity index (χ0) is 26.0. The van der Waals surface area contributed by atoms with E-state index in [4.69, 9.17) is 11.6 Å². The molecule has 1 N–H and O–H groups in total. The highest BCUT2D eigenvalue weighted by atomic mass is 35.5. The first kappa shape index (κ1) is 26.7. The van der Waals surface area contributed by atoms with Crippen LogP contribution in [-0.4, -0.2) is 35.1 Å². The Morgan fingerprint density at radius 1 is 1.00 bits per heavy atom. The van der Waals surface area contributed by atoms with Gasteiger partial charge < -0.3 is 5.11 Å². The van der Waals surface area contributed by atoms with Crippen molar-refractivity contribution in [3.8, 4) is 0 Å². The Morgan fingerprint density at radius 2 is 1.61 bits per heavy atom. The molecule has 1 fully saturated rings. The summed E-state index contributed by atoms with van der Waals surface area (Å²) >= 11 is 7.65. The third kappa shape index (κ3) is 5.35. The van der Waals surface area contributed by atoms with Crippen molar-refractivity contribution in [2.45, 2.75) is 55.2 Å². The molecule has 0 unspecified atom stereocenters. The van der Waals surface area contributed by atoms with Crippen LogP contribution in [0.5, 0.6) is 0 Å². The molecule has 5 nitrogen and oxygen atoms in total. The second kappa shape index (κ2) is 11.0. The lowest BCUT2D eigenvalue weighted by Gasteiger charge is -2.30. The summed E-state index contributed by atoms with van der Waals surface area (Å²) in [5.74, 6) is -1.38. The standard InChI is InChI=1S/C28H30ClNO4S2/c1-4-24-27(35-17-20-6-5-7-22(29)16-20)25(28(31)32)26(21-12-8-18(2)9-13-21)30(24)36(33,34)23-14-10-19(3)11-15-23/h5-16,24-27H,4,17H2,1-3H3,(H,31,32)/t24-,25+,26+,27-/m1/s1. The Labute approximate surface area is 222 Å². The molecule has 3 aromatic rings. The van der Waals surface area contributed by atoms with E-state index in [1.807, 2.05) is 63.2 Å². The topological polar surface area (TPSA) is 74.7 Å². The number of carboxylic acids is 1. The summed E-state index contributed by atoms with van der Waals surface area (Å²) in [7, 11) is -3.98. The minimum Gasteiger partial charge on any atom is -0.481 e. The van der Waals surface area contributed by atoms with Gasteiger partial charge in [-0.15, -0.1) is 0 Å². The Morgan fingerprint density at radius 3 is 2.17 bits per heavy atom. The number of aryl methyl sites for hydroxylation is 2. The number of carbonyl (C=O) groups is 1. The van der Waals surface area contributed by atoms with E-state index < -0.39 is 39.2 Å². The number of hydrogen-bond donors (Lipinski definition) is 1. The molecular formula is C28H30ClNO4S2. The van der Waals surface area contributed by atoms with E-state index in [-0.39, 0.29) is 4.90 Å². The Balaban J connectivity index is 1.83. The maximum atomic E-state index is 14.1. The van der Waals surface area contributed by atoms with Crippen LogP contribution in [0.25, 0.3) is 0 Å². The summed E-state index contributed by atoms with van der Waals surface area (Å²) in [6, 6.07) is 20.4. The minimum absolute atomic E-state index is 0.174. The minimum atomic E-state index is -3.98. The van der Waals surface area contributed by atoms with E-state index in [1.54, 1.807) is 30.3 Å². The van der Waals surface area contributed by atoms with Gasteiger partial charge in [0.2, 0.25) is 10.0 Å². The lowest BCUT2D eigenvalue weighted by molar-refractivity contribution is -0.142. The van der Waals surface area contributed by atoms with Crippen LogP contribution in [0.4, 0.5) is 0 Å². The molecule has 4 rings (SSSR count). The van der Waals surface area contributed by atoms with E-state index in [1.165, 1.54) is 16.1 Å². The number of carboxylic acid groups (broad SMARTS) is 1. The molecular weight excluding hydrogens is 514 g/mol. The van der Waals surface area contributed by atoms with Gasteiger partial charge in [0.15, 0.2) is 0 Å². The molecule has 1 heterocycles. The number of rotatable bonds is 8. The van der Waals surface area contributed by atoms with E-state index in [2.05, 4.69) is 0 Å². The van der Waals surface area contributed by atoms with Crippen molar-refractivity contribution in [3.05, 3.63) is 100 Å². The molecule has 0 bridgehead atoms. The molecule has 1 aliphatic rings. The van der Waals surface area contributed by atoms with E-state index in [9.17, 15) is 18.3 Å². The molecule has 0 saturated carbocycles. The van der Waals surface area contributed by atoms with Crippen LogP contribution >= 0.6 is 23.4 Å². The summed E-state index contributed by atoms with van der Waals surface area (Å²) in [5.41, 5.74) is 3.64. The summed E-state index contributed by atoms with van der Waals surface area (Å²) in [5, 5.41) is 10.6. The van der Waals surface area contributed by atoms with Crippen LogP contribution in [0.2, 0.25) is 5.02 Å². The smallest absolute Gasteiger partial charge is 0.309 e. The van der Waals surface area contributed by atoms with Crippen LogP contribution in [0.1, 0.15) is 41.6 Å². The predicted molar refractivity (Wildman–Crippen MR) is 146 cm³/mol. The molecule has 190 valence electrons. The van der Waals surface area contributed by atoms with Gasteiger partial charge in [-0.3, -0.25) is 4.79 Å². The first-order valence-electron chi connectivity index (χ1n) is 11.9. The number of sulfonamides is 1. The third-order valence-corrected chi connectivity index (χ3v) is 10.4. The lowest BCUT2D eigenvalue weighted by atomic mass is 9.92. The van der Waals surface area contributed by atoms with Crippen molar-refractivity contribution >= 4 is 39.4 Å². The van der Waals surface area contributed by atoms with Crippen molar-refractivity contribution in [2.24, 2.45) is 5.92 Å². The zero-order valence-electron chi connectivity index (χ0n) is 20.5. The highest BCUT2D eigenvalue weighted by Gasteiger charge is 2.56. The van der Waals surface area contributed by atoms with Crippen molar-refractivity contribution < 1.29 is 18.3 Å². The number of aliphatic carboxylic acids is 1. The fourth-order valence-electron chi connectivity index (χ4n) is 4.93. The largest absolute Gasteiger partial charge is 0.481 e. The molecule has 1 aliphatic heterocycles. The quantitative estimate of drug-likeness (QED) is 0.352. The first-order chi connectivity index (χ1) is 17.1. The molecule has 0 aromatic heterocycles. The monoisotopic (exact) mass is 543 g/mol. The van der Waals surface area contributed by atoms with Gasteiger partial charge in [0.1, 0.15) is 0 Å². The second-order valence-corrected chi connectivity index (χ2v) is 12.7. The van der Waals surface area contributed by atoms with Crippen molar-refractivity contribution in [3.63, 3.8) is 0 Å². The predicted octanol–water partition coefficient (Wildman–Crippen LogP) is 6.48. The fraction of sp³-hybridized carbons (Fsp3) is 0.321. The van der Waals surface area contributed by atoms with E-state index in [0.29, 0.717) is 22.8 Å².